The number of nitrogens with zero attached hydrogens (tertiary/aromatic N) is 4. The van der Waals surface area contributed by atoms with Gasteiger partial charge in [0.15, 0.2) is 0 Å². The van der Waals surface area contributed by atoms with E-state index in [9.17, 15) is 18.0 Å². The smallest absolute Gasteiger partial charge is 0.241 e. The minimum Gasteiger partial charge on any atom is -0.274 e. The Morgan fingerprint density at radius 1 is 0.900 bits per heavy atom. The van der Waals surface area contributed by atoms with Crippen LogP contribution in [-0.4, -0.2) is 35.2 Å². The lowest BCUT2D eigenvalue weighted by Gasteiger charge is -2.19. The Hall–Kier alpha value is -3.37. The molecule has 0 spiro atoms. The molecule has 10 heteroatoms. The van der Waals surface area contributed by atoms with E-state index in [-0.39, 0.29) is 36.1 Å². The number of carbonyl (C=O) groups is 2. The third kappa shape index (κ3) is 4.14. The van der Waals surface area contributed by atoms with Crippen molar-refractivity contribution in [3.05, 3.63) is 72.6 Å². The molecule has 2 heterocycles. The third-order valence-electron chi connectivity index (χ3n) is 4.77. The van der Waals surface area contributed by atoms with Gasteiger partial charge in [0.05, 0.1) is 35.6 Å². The van der Waals surface area contributed by atoms with Crippen LogP contribution in [0.4, 0.5) is 5.69 Å². The van der Waals surface area contributed by atoms with Crippen LogP contribution < -0.4 is 9.62 Å². The van der Waals surface area contributed by atoms with Gasteiger partial charge in [0.25, 0.3) is 0 Å². The first-order valence-electron chi connectivity index (χ1n) is 9.31. The van der Waals surface area contributed by atoms with Crippen molar-refractivity contribution >= 4 is 27.5 Å². The topological polar surface area (TPSA) is 114 Å². The van der Waals surface area contributed by atoms with Crippen LogP contribution in [0.15, 0.2) is 71.9 Å². The minimum atomic E-state index is -3.89. The summed E-state index contributed by atoms with van der Waals surface area (Å²) in [7, 11) is -3.89. The van der Waals surface area contributed by atoms with Crippen molar-refractivity contribution in [2.24, 2.45) is 0 Å². The van der Waals surface area contributed by atoms with Gasteiger partial charge in [-0.3, -0.25) is 14.5 Å². The summed E-state index contributed by atoms with van der Waals surface area (Å²) in [5.74, 6) is -0.575. The van der Waals surface area contributed by atoms with Crippen LogP contribution in [0.25, 0.3) is 0 Å². The van der Waals surface area contributed by atoms with Crippen molar-refractivity contribution in [3.8, 4) is 0 Å². The molecule has 30 heavy (non-hydrogen) atoms. The molecule has 3 aromatic rings. The summed E-state index contributed by atoms with van der Waals surface area (Å²) in [5.41, 5.74) is 1.13. The lowest BCUT2D eigenvalue weighted by atomic mass is 10.1. The standard InChI is InChI=1S/C20H19N5O4S/c26-19-10-11-20(27)25(19)16-6-8-17(9-7-16)30(28,29)23-18(14-24-21-12-13-22-24)15-4-2-1-3-5-15/h1-9,12-13,18,23H,10-11,14H2/t18-/m1/s1. The van der Waals surface area contributed by atoms with Gasteiger partial charge in [0.1, 0.15) is 0 Å². The monoisotopic (exact) mass is 425 g/mol. The molecule has 1 aliphatic rings. The van der Waals surface area contributed by atoms with Crippen LogP contribution in [0.2, 0.25) is 0 Å². The highest BCUT2D eigenvalue weighted by molar-refractivity contribution is 7.89. The van der Waals surface area contributed by atoms with Crippen molar-refractivity contribution in [2.45, 2.75) is 30.3 Å². The zero-order valence-electron chi connectivity index (χ0n) is 15.9. The number of nitrogens with one attached hydrogen (secondary N) is 1. The van der Waals surface area contributed by atoms with E-state index in [1.807, 2.05) is 30.3 Å². The Morgan fingerprint density at radius 3 is 2.10 bits per heavy atom. The highest BCUT2D eigenvalue weighted by atomic mass is 32.2. The van der Waals surface area contributed by atoms with E-state index in [1.54, 1.807) is 0 Å². The fraction of sp³-hybridized carbons (Fsp3) is 0.200. The van der Waals surface area contributed by atoms with Gasteiger partial charge in [-0.2, -0.15) is 15.0 Å². The predicted molar refractivity (Wildman–Crippen MR) is 108 cm³/mol. The number of amides is 2. The van der Waals surface area contributed by atoms with Gasteiger partial charge in [-0.25, -0.2) is 13.1 Å². The second kappa shape index (κ2) is 8.17. The molecule has 0 bridgehead atoms. The minimum absolute atomic E-state index is 0.0275. The van der Waals surface area contributed by atoms with Crippen molar-refractivity contribution in [2.75, 3.05) is 4.90 Å². The number of sulfonamides is 1. The summed E-state index contributed by atoms with van der Waals surface area (Å²) in [6, 6.07) is 14.2. The highest BCUT2D eigenvalue weighted by Gasteiger charge is 2.30. The molecule has 2 amide bonds. The Labute approximate surface area is 173 Å². The molecule has 9 nitrogen and oxygen atoms in total. The number of anilines is 1. The molecule has 2 aromatic carbocycles. The maximum absolute atomic E-state index is 13.0. The zero-order chi connectivity index (χ0) is 21.1. The van der Waals surface area contributed by atoms with Crippen LogP contribution in [0.5, 0.6) is 0 Å². The largest absolute Gasteiger partial charge is 0.274 e. The van der Waals surface area contributed by atoms with Crippen molar-refractivity contribution in [3.63, 3.8) is 0 Å². The first kappa shape index (κ1) is 19.9. The number of rotatable bonds is 7. The van der Waals surface area contributed by atoms with Crippen LogP contribution in [0, 0.1) is 0 Å². The molecule has 0 unspecified atom stereocenters. The lowest BCUT2D eigenvalue weighted by Crippen LogP contribution is -2.32. The summed E-state index contributed by atoms with van der Waals surface area (Å²) < 4.78 is 28.7. The molecule has 1 N–H and O–H groups in total. The first-order chi connectivity index (χ1) is 14.4. The van der Waals surface area contributed by atoms with Crippen LogP contribution in [0.3, 0.4) is 0 Å². The molecule has 1 fully saturated rings. The molecule has 1 saturated heterocycles. The summed E-state index contributed by atoms with van der Waals surface area (Å²) >= 11 is 0. The van der Waals surface area contributed by atoms with E-state index in [0.29, 0.717) is 5.69 Å². The summed E-state index contributed by atoms with van der Waals surface area (Å²) in [5, 5.41) is 8.11. The van der Waals surface area contributed by atoms with Gasteiger partial charge < -0.3 is 0 Å². The fourth-order valence-electron chi connectivity index (χ4n) is 3.29. The van der Waals surface area contributed by atoms with Crippen LogP contribution in [-0.2, 0) is 26.2 Å². The Kier molecular flexibility index (Phi) is 5.42. The fourth-order valence-corrected chi connectivity index (χ4v) is 4.51. The van der Waals surface area contributed by atoms with Crippen LogP contribution >= 0.6 is 0 Å². The van der Waals surface area contributed by atoms with E-state index >= 15 is 0 Å². The maximum Gasteiger partial charge on any atom is 0.241 e. The Morgan fingerprint density at radius 2 is 1.50 bits per heavy atom. The molecule has 1 atom stereocenters. The molecule has 4 rings (SSSR count). The summed E-state index contributed by atoms with van der Waals surface area (Å²) in [6.45, 7) is 0.213. The normalized spacial score (nSPS) is 15.5. The van der Waals surface area contributed by atoms with Gasteiger partial charge in [0, 0.05) is 12.8 Å². The van der Waals surface area contributed by atoms with Gasteiger partial charge in [-0.05, 0) is 29.8 Å². The summed E-state index contributed by atoms with van der Waals surface area (Å²) in [6.07, 6.45) is 3.38. The van der Waals surface area contributed by atoms with E-state index in [1.165, 1.54) is 41.5 Å². The second-order valence-electron chi connectivity index (χ2n) is 6.79. The molecule has 0 aliphatic carbocycles. The summed E-state index contributed by atoms with van der Waals surface area (Å²) in [4.78, 5) is 26.3. The van der Waals surface area contributed by atoms with Crippen LogP contribution in [0.1, 0.15) is 24.4 Å². The number of aromatic nitrogens is 3. The van der Waals surface area contributed by atoms with E-state index in [4.69, 9.17) is 0 Å². The van der Waals surface area contributed by atoms with Gasteiger partial charge in [-0.15, -0.1) is 0 Å². The van der Waals surface area contributed by atoms with Crippen molar-refractivity contribution in [1.29, 1.82) is 0 Å². The Balaban J connectivity index is 1.58. The molecule has 0 saturated carbocycles. The Bertz CT molecular complexity index is 1130. The second-order valence-corrected chi connectivity index (χ2v) is 8.50. The molecular weight excluding hydrogens is 406 g/mol. The van der Waals surface area contributed by atoms with Gasteiger partial charge in [-0.1, -0.05) is 30.3 Å². The van der Waals surface area contributed by atoms with Gasteiger partial charge in [0.2, 0.25) is 21.8 Å². The van der Waals surface area contributed by atoms with E-state index in [2.05, 4.69) is 14.9 Å². The van der Waals surface area contributed by atoms with Gasteiger partial charge >= 0.3 is 0 Å². The first-order valence-corrected chi connectivity index (χ1v) is 10.8. The average Bonchev–Trinajstić information content (AvgIpc) is 3.37. The van der Waals surface area contributed by atoms with Crippen molar-refractivity contribution in [1.82, 2.24) is 19.7 Å². The molecule has 1 aromatic heterocycles. The SMILES string of the molecule is O=C1CCC(=O)N1c1ccc(S(=O)(=O)N[C@H](Cn2nccn2)c2ccccc2)cc1. The zero-order valence-corrected chi connectivity index (χ0v) is 16.7. The molecular formula is C20H19N5O4S. The predicted octanol–water partition coefficient (Wildman–Crippen LogP) is 1.65. The number of carbonyl (C=O) groups excluding carboxylic acids is 2. The van der Waals surface area contributed by atoms with E-state index < -0.39 is 16.1 Å². The maximum atomic E-state index is 13.0. The average molecular weight is 425 g/mol. The van der Waals surface area contributed by atoms with Crippen molar-refractivity contribution < 1.29 is 18.0 Å². The third-order valence-corrected chi connectivity index (χ3v) is 6.26. The number of hydrogen-bond acceptors (Lipinski definition) is 6. The molecule has 1 aliphatic heterocycles. The highest BCUT2D eigenvalue weighted by Crippen LogP contribution is 2.25. The molecule has 154 valence electrons. The van der Waals surface area contributed by atoms with E-state index in [0.717, 1.165) is 10.5 Å². The molecule has 0 radical (unpaired) electrons. The number of imide groups is 1. The number of hydrogen-bond donors (Lipinski definition) is 1. The lowest BCUT2D eigenvalue weighted by molar-refractivity contribution is -0.121. The number of benzene rings is 2. The quantitative estimate of drug-likeness (QED) is 0.576.